The van der Waals surface area contributed by atoms with E-state index >= 15 is 0 Å². The summed E-state index contributed by atoms with van der Waals surface area (Å²) in [5, 5.41) is 9.98. The van der Waals surface area contributed by atoms with Gasteiger partial charge in [0.05, 0.1) is 0 Å². The maximum absolute atomic E-state index is 11.9. The number of aliphatic hydroxyl groups excluding tert-OH is 1. The SMILES string of the molecule is CCCC#CC#CCCCCCCCCCCC(=O)OCC(O)COC(=O)CCCCCCC/C=C\CCCCCCCC. The van der Waals surface area contributed by atoms with Crippen LogP contribution in [0.25, 0.3) is 0 Å². The van der Waals surface area contributed by atoms with E-state index in [9.17, 15) is 14.7 Å². The van der Waals surface area contributed by atoms with Gasteiger partial charge in [-0.2, -0.15) is 0 Å². The molecule has 0 amide bonds. The minimum Gasteiger partial charge on any atom is -0.463 e. The molecule has 0 rings (SSSR count). The van der Waals surface area contributed by atoms with Gasteiger partial charge in [-0.05, 0) is 63.2 Å². The molecule has 1 unspecified atom stereocenters. The first-order valence-corrected chi connectivity index (χ1v) is 18.2. The molecule has 0 saturated heterocycles. The molecular formula is C39H66O5. The smallest absolute Gasteiger partial charge is 0.305 e. The molecule has 1 atom stereocenters. The molecular weight excluding hydrogens is 548 g/mol. The van der Waals surface area contributed by atoms with Crippen molar-refractivity contribution in [3.05, 3.63) is 12.2 Å². The number of rotatable bonds is 30. The molecule has 0 bridgehead atoms. The maximum Gasteiger partial charge on any atom is 0.305 e. The lowest BCUT2D eigenvalue weighted by Gasteiger charge is -2.12. The minimum atomic E-state index is -0.975. The zero-order valence-corrected chi connectivity index (χ0v) is 28.6. The zero-order valence-electron chi connectivity index (χ0n) is 28.6. The van der Waals surface area contributed by atoms with E-state index in [4.69, 9.17) is 9.47 Å². The summed E-state index contributed by atoms with van der Waals surface area (Å²) in [7, 11) is 0. The molecule has 0 heterocycles. The standard InChI is InChI=1S/C39H66O5/c1-3-5-7-9-11-13-15-17-19-21-23-25-27-29-31-33-38(41)43-35-37(40)36-44-39(42)34-32-30-28-26-24-22-20-18-16-14-12-10-8-6-4-2/h17,19,37,40H,3-7,9,11,13,15-16,18,20-36H2,1-2H3/b19-17-. The van der Waals surface area contributed by atoms with Crippen LogP contribution in [-0.2, 0) is 19.1 Å². The lowest BCUT2D eigenvalue weighted by Crippen LogP contribution is -2.25. The first kappa shape index (κ1) is 41.8. The van der Waals surface area contributed by atoms with Gasteiger partial charge in [0.2, 0.25) is 0 Å². The van der Waals surface area contributed by atoms with Crippen LogP contribution in [0.2, 0.25) is 0 Å². The van der Waals surface area contributed by atoms with Crippen molar-refractivity contribution in [2.45, 2.75) is 187 Å². The third-order valence-electron chi connectivity index (χ3n) is 7.56. The number of aliphatic hydroxyl groups is 1. The van der Waals surface area contributed by atoms with Crippen molar-refractivity contribution in [3.8, 4) is 23.7 Å². The first-order valence-electron chi connectivity index (χ1n) is 18.2. The van der Waals surface area contributed by atoms with Gasteiger partial charge in [-0.3, -0.25) is 9.59 Å². The molecule has 5 nitrogen and oxygen atoms in total. The molecule has 0 fully saturated rings. The Morgan fingerprint density at radius 2 is 0.955 bits per heavy atom. The third kappa shape index (κ3) is 34.3. The fourth-order valence-corrected chi connectivity index (χ4v) is 4.79. The van der Waals surface area contributed by atoms with Crippen LogP contribution >= 0.6 is 0 Å². The van der Waals surface area contributed by atoms with E-state index < -0.39 is 6.10 Å². The number of carbonyl (C=O) groups excluding carboxylic acids is 2. The van der Waals surface area contributed by atoms with Gasteiger partial charge in [0.1, 0.15) is 19.3 Å². The summed E-state index contributed by atoms with van der Waals surface area (Å²) in [5.41, 5.74) is 0. The van der Waals surface area contributed by atoms with Gasteiger partial charge in [0.15, 0.2) is 0 Å². The molecule has 0 aromatic rings. The van der Waals surface area contributed by atoms with Crippen molar-refractivity contribution in [2.75, 3.05) is 13.2 Å². The average molecular weight is 615 g/mol. The average Bonchev–Trinajstić information content (AvgIpc) is 3.02. The molecule has 252 valence electrons. The summed E-state index contributed by atoms with van der Waals surface area (Å²) in [6, 6.07) is 0. The van der Waals surface area contributed by atoms with Crippen molar-refractivity contribution in [2.24, 2.45) is 0 Å². The highest BCUT2D eigenvalue weighted by atomic mass is 16.6. The van der Waals surface area contributed by atoms with E-state index in [-0.39, 0.29) is 25.2 Å². The summed E-state index contributed by atoms with van der Waals surface area (Å²) in [6.45, 7) is 4.12. The Morgan fingerprint density at radius 3 is 1.43 bits per heavy atom. The van der Waals surface area contributed by atoms with E-state index in [1.807, 2.05) is 0 Å². The second kappa shape index (κ2) is 35.2. The topological polar surface area (TPSA) is 72.8 Å². The van der Waals surface area contributed by atoms with Gasteiger partial charge < -0.3 is 14.6 Å². The molecule has 0 aliphatic carbocycles. The Balaban J connectivity index is 3.47. The van der Waals surface area contributed by atoms with Crippen molar-refractivity contribution < 1.29 is 24.2 Å². The Bertz CT molecular complexity index is 810. The molecule has 0 aromatic carbocycles. The quantitative estimate of drug-likeness (QED) is 0.0377. The third-order valence-corrected chi connectivity index (χ3v) is 7.56. The summed E-state index contributed by atoms with van der Waals surface area (Å²) in [6.07, 6.45) is 32.1. The van der Waals surface area contributed by atoms with E-state index in [1.165, 1.54) is 83.5 Å². The fourth-order valence-electron chi connectivity index (χ4n) is 4.79. The second-order valence-electron chi connectivity index (χ2n) is 12.0. The second-order valence-corrected chi connectivity index (χ2v) is 12.0. The molecule has 0 spiro atoms. The van der Waals surface area contributed by atoms with E-state index in [0.29, 0.717) is 12.8 Å². The summed E-state index contributed by atoms with van der Waals surface area (Å²) in [4.78, 5) is 23.9. The number of hydrogen-bond acceptors (Lipinski definition) is 5. The fraction of sp³-hybridized carbons (Fsp3) is 0.795. The lowest BCUT2D eigenvalue weighted by molar-refractivity contribution is -0.152. The number of ether oxygens (including phenoxy) is 2. The first-order chi connectivity index (χ1) is 21.6. The highest BCUT2D eigenvalue weighted by molar-refractivity contribution is 5.69. The molecule has 5 heteroatoms. The monoisotopic (exact) mass is 614 g/mol. The Kier molecular flexibility index (Phi) is 33.4. The van der Waals surface area contributed by atoms with Crippen molar-refractivity contribution in [1.82, 2.24) is 0 Å². The van der Waals surface area contributed by atoms with E-state index in [2.05, 4.69) is 49.7 Å². The minimum absolute atomic E-state index is 0.128. The molecule has 0 aliphatic heterocycles. The predicted octanol–water partition coefficient (Wildman–Crippen LogP) is 10.2. The Morgan fingerprint density at radius 1 is 0.545 bits per heavy atom. The Hall–Kier alpha value is -2.24. The van der Waals surface area contributed by atoms with Crippen LogP contribution in [0.5, 0.6) is 0 Å². The van der Waals surface area contributed by atoms with Gasteiger partial charge >= 0.3 is 11.9 Å². The van der Waals surface area contributed by atoms with Crippen molar-refractivity contribution in [3.63, 3.8) is 0 Å². The van der Waals surface area contributed by atoms with Crippen molar-refractivity contribution in [1.29, 1.82) is 0 Å². The van der Waals surface area contributed by atoms with Crippen LogP contribution in [0.3, 0.4) is 0 Å². The molecule has 0 aliphatic rings. The van der Waals surface area contributed by atoms with Crippen LogP contribution < -0.4 is 0 Å². The van der Waals surface area contributed by atoms with E-state index in [1.54, 1.807) is 0 Å². The highest BCUT2D eigenvalue weighted by Crippen LogP contribution is 2.12. The van der Waals surface area contributed by atoms with Gasteiger partial charge in [-0.15, -0.1) is 0 Å². The van der Waals surface area contributed by atoms with Crippen LogP contribution in [-0.4, -0.2) is 36.4 Å². The van der Waals surface area contributed by atoms with Crippen LogP contribution in [0.15, 0.2) is 12.2 Å². The molecule has 0 aromatic heterocycles. The van der Waals surface area contributed by atoms with Gasteiger partial charge in [-0.1, -0.05) is 128 Å². The van der Waals surface area contributed by atoms with Crippen LogP contribution in [0.4, 0.5) is 0 Å². The van der Waals surface area contributed by atoms with Crippen LogP contribution in [0.1, 0.15) is 181 Å². The largest absolute Gasteiger partial charge is 0.463 e. The molecule has 0 saturated carbocycles. The van der Waals surface area contributed by atoms with Gasteiger partial charge in [-0.25, -0.2) is 0 Å². The normalized spacial score (nSPS) is 11.4. The number of hydrogen-bond donors (Lipinski definition) is 1. The van der Waals surface area contributed by atoms with E-state index in [0.717, 1.165) is 70.6 Å². The lowest BCUT2D eigenvalue weighted by atomic mass is 10.1. The maximum atomic E-state index is 11.9. The summed E-state index contributed by atoms with van der Waals surface area (Å²) >= 11 is 0. The summed E-state index contributed by atoms with van der Waals surface area (Å²) < 4.78 is 10.3. The van der Waals surface area contributed by atoms with Crippen molar-refractivity contribution >= 4 is 11.9 Å². The number of allylic oxidation sites excluding steroid dienone is 2. The number of unbranched alkanes of at least 4 members (excludes halogenated alkanes) is 20. The molecule has 44 heavy (non-hydrogen) atoms. The highest BCUT2D eigenvalue weighted by Gasteiger charge is 2.12. The molecule has 0 radical (unpaired) electrons. The predicted molar refractivity (Wildman–Crippen MR) is 184 cm³/mol. The van der Waals surface area contributed by atoms with Crippen LogP contribution in [0, 0.1) is 23.7 Å². The zero-order chi connectivity index (χ0) is 32.2. The van der Waals surface area contributed by atoms with Gasteiger partial charge in [0, 0.05) is 25.7 Å². The molecule has 1 N–H and O–H groups in total. The Labute approximate surface area is 271 Å². The van der Waals surface area contributed by atoms with Gasteiger partial charge in [0.25, 0.3) is 0 Å². The number of carbonyl (C=O) groups is 2. The number of esters is 2. The summed E-state index contributed by atoms with van der Waals surface area (Å²) in [5.74, 6) is 11.4.